The van der Waals surface area contributed by atoms with Crippen molar-refractivity contribution in [2.75, 3.05) is 26.8 Å². The second kappa shape index (κ2) is 5.27. The Kier molecular flexibility index (Phi) is 4.25. The number of rotatable bonds is 4. The molecular weight excluding hydrogens is 154 g/mol. The van der Waals surface area contributed by atoms with E-state index in [0.29, 0.717) is 12.3 Å². The van der Waals surface area contributed by atoms with Gasteiger partial charge in [0, 0.05) is 13.5 Å². The average molecular weight is 171 g/mol. The van der Waals surface area contributed by atoms with Crippen LogP contribution in [0.25, 0.3) is 0 Å². The summed E-state index contributed by atoms with van der Waals surface area (Å²) in [6, 6.07) is 0. The predicted molar refractivity (Wildman–Crippen MR) is 47.1 cm³/mol. The lowest BCUT2D eigenvalue weighted by Crippen LogP contribution is -2.29. The Hall–Kier alpha value is -0.410. The van der Waals surface area contributed by atoms with Gasteiger partial charge in [-0.15, -0.1) is 0 Å². The minimum Gasteiger partial charge on any atom is -0.377 e. The summed E-state index contributed by atoms with van der Waals surface area (Å²) < 4.78 is 4.78. The molecule has 0 aromatic heterocycles. The summed E-state index contributed by atoms with van der Waals surface area (Å²) in [5.41, 5.74) is 0. The third-order valence-electron chi connectivity index (χ3n) is 2.28. The van der Waals surface area contributed by atoms with E-state index in [-0.39, 0.29) is 12.4 Å². The van der Waals surface area contributed by atoms with Crippen molar-refractivity contribution >= 4 is 5.78 Å². The van der Waals surface area contributed by atoms with Crippen molar-refractivity contribution in [2.24, 2.45) is 5.92 Å². The van der Waals surface area contributed by atoms with E-state index in [1.807, 2.05) is 0 Å². The molecule has 0 spiro atoms. The van der Waals surface area contributed by atoms with Crippen LogP contribution in [-0.2, 0) is 9.53 Å². The van der Waals surface area contributed by atoms with Crippen LogP contribution >= 0.6 is 0 Å². The van der Waals surface area contributed by atoms with Crippen LogP contribution in [0, 0.1) is 5.92 Å². The van der Waals surface area contributed by atoms with Gasteiger partial charge in [0.25, 0.3) is 0 Å². The Labute approximate surface area is 73.5 Å². The van der Waals surface area contributed by atoms with Crippen LogP contribution in [0.2, 0.25) is 0 Å². The van der Waals surface area contributed by atoms with Crippen molar-refractivity contribution < 1.29 is 9.53 Å². The summed E-state index contributed by atoms with van der Waals surface area (Å²) in [4.78, 5) is 11.2. The van der Waals surface area contributed by atoms with Crippen LogP contribution in [0.15, 0.2) is 0 Å². The van der Waals surface area contributed by atoms with Crippen molar-refractivity contribution in [3.8, 4) is 0 Å². The molecule has 1 aliphatic heterocycles. The molecule has 0 bridgehead atoms. The zero-order chi connectivity index (χ0) is 8.81. The van der Waals surface area contributed by atoms with Gasteiger partial charge in [-0.1, -0.05) is 0 Å². The van der Waals surface area contributed by atoms with Gasteiger partial charge in [0.2, 0.25) is 0 Å². The monoisotopic (exact) mass is 171 g/mol. The van der Waals surface area contributed by atoms with Gasteiger partial charge in [-0.05, 0) is 31.8 Å². The quantitative estimate of drug-likeness (QED) is 0.673. The molecule has 1 rings (SSSR count). The molecule has 0 amide bonds. The fraction of sp³-hybridized carbons (Fsp3) is 0.889. The van der Waals surface area contributed by atoms with Crippen molar-refractivity contribution in [1.82, 2.24) is 5.32 Å². The van der Waals surface area contributed by atoms with Crippen molar-refractivity contribution in [2.45, 2.75) is 19.3 Å². The van der Waals surface area contributed by atoms with E-state index in [4.69, 9.17) is 4.74 Å². The number of piperidine rings is 1. The van der Waals surface area contributed by atoms with E-state index in [2.05, 4.69) is 5.32 Å². The van der Waals surface area contributed by atoms with Gasteiger partial charge in [-0.25, -0.2) is 0 Å². The van der Waals surface area contributed by atoms with Crippen LogP contribution < -0.4 is 5.32 Å². The molecule has 3 nitrogen and oxygen atoms in total. The maximum atomic E-state index is 11.2. The van der Waals surface area contributed by atoms with Gasteiger partial charge in [-0.2, -0.15) is 0 Å². The molecule has 12 heavy (non-hydrogen) atoms. The third-order valence-corrected chi connectivity index (χ3v) is 2.28. The van der Waals surface area contributed by atoms with Crippen LogP contribution in [0.1, 0.15) is 19.3 Å². The highest BCUT2D eigenvalue weighted by Crippen LogP contribution is 2.15. The second-order valence-corrected chi connectivity index (χ2v) is 3.37. The molecule has 0 radical (unpaired) electrons. The Balaban J connectivity index is 2.15. The SMILES string of the molecule is COCC(=O)CC1CCNCC1. The molecule has 1 saturated heterocycles. The zero-order valence-corrected chi connectivity index (χ0v) is 7.64. The number of methoxy groups -OCH3 is 1. The highest BCUT2D eigenvalue weighted by molar-refractivity contribution is 5.79. The summed E-state index contributed by atoms with van der Waals surface area (Å²) in [6.45, 7) is 2.40. The first-order valence-electron chi connectivity index (χ1n) is 4.54. The van der Waals surface area contributed by atoms with E-state index in [1.54, 1.807) is 7.11 Å². The predicted octanol–water partition coefficient (Wildman–Crippen LogP) is 0.592. The van der Waals surface area contributed by atoms with Crippen molar-refractivity contribution in [3.05, 3.63) is 0 Å². The highest BCUT2D eigenvalue weighted by atomic mass is 16.5. The molecule has 3 heteroatoms. The van der Waals surface area contributed by atoms with Gasteiger partial charge in [0.1, 0.15) is 6.61 Å². The first-order chi connectivity index (χ1) is 5.83. The Morgan fingerprint density at radius 3 is 2.75 bits per heavy atom. The first kappa shape index (κ1) is 9.68. The van der Waals surface area contributed by atoms with E-state index < -0.39 is 0 Å². The molecule has 1 aliphatic rings. The van der Waals surface area contributed by atoms with E-state index in [9.17, 15) is 4.79 Å². The van der Waals surface area contributed by atoms with Crippen LogP contribution in [0.3, 0.4) is 0 Å². The minimum atomic E-state index is 0.240. The molecule has 1 N–H and O–H groups in total. The largest absolute Gasteiger partial charge is 0.377 e. The lowest BCUT2D eigenvalue weighted by molar-refractivity contribution is -0.123. The van der Waals surface area contributed by atoms with Crippen LogP contribution in [0.5, 0.6) is 0 Å². The Bertz CT molecular complexity index is 141. The lowest BCUT2D eigenvalue weighted by Gasteiger charge is -2.21. The number of hydrogen-bond donors (Lipinski definition) is 1. The average Bonchev–Trinajstić information content (AvgIpc) is 2.06. The molecule has 0 aromatic carbocycles. The van der Waals surface area contributed by atoms with Crippen molar-refractivity contribution in [3.63, 3.8) is 0 Å². The molecule has 0 aromatic rings. The number of carbonyl (C=O) groups excluding carboxylic acids is 1. The van der Waals surface area contributed by atoms with E-state index in [1.165, 1.54) is 0 Å². The molecular formula is C9H17NO2. The fourth-order valence-corrected chi connectivity index (χ4v) is 1.63. The van der Waals surface area contributed by atoms with Gasteiger partial charge in [0.15, 0.2) is 5.78 Å². The Morgan fingerprint density at radius 1 is 1.50 bits per heavy atom. The van der Waals surface area contributed by atoms with Gasteiger partial charge in [0.05, 0.1) is 0 Å². The molecule has 0 unspecified atom stereocenters. The van der Waals surface area contributed by atoms with Gasteiger partial charge in [-0.3, -0.25) is 4.79 Å². The topological polar surface area (TPSA) is 38.3 Å². The number of nitrogens with one attached hydrogen (secondary N) is 1. The lowest BCUT2D eigenvalue weighted by atomic mass is 9.93. The number of carbonyl (C=O) groups is 1. The Morgan fingerprint density at radius 2 is 2.17 bits per heavy atom. The first-order valence-corrected chi connectivity index (χ1v) is 4.54. The number of Topliss-reactive ketones (excluding diaryl/α,β-unsaturated/α-hetero) is 1. The summed E-state index contributed by atoms with van der Waals surface area (Å²) in [7, 11) is 1.57. The highest BCUT2D eigenvalue weighted by Gasteiger charge is 2.16. The number of hydrogen-bond acceptors (Lipinski definition) is 3. The summed E-state index contributed by atoms with van der Waals surface area (Å²) in [5, 5.41) is 3.28. The molecule has 0 atom stereocenters. The molecule has 0 saturated carbocycles. The fourth-order valence-electron chi connectivity index (χ4n) is 1.63. The zero-order valence-electron chi connectivity index (χ0n) is 7.64. The molecule has 0 aliphatic carbocycles. The van der Waals surface area contributed by atoms with Crippen molar-refractivity contribution in [1.29, 1.82) is 0 Å². The summed E-state index contributed by atoms with van der Waals surface area (Å²) in [6.07, 6.45) is 2.97. The van der Waals surface area contributed by atoms with Crippen LogP contribution in [0.4, 0.5) is 0 Å². The summed E-state index contributed by atoms with van der Waals surface area (Å²) in [5.74, 6) is 0.832. The number of ketones is 1. The standard InChI is InChI=1S/C9H17NO2/c1-12-7-9(11)6-8-2-4-10-5-3-8/h8,10H,2-7H2,1H3. The summed E-state index contributed by atoms with van der Waals surface area (Å²) >= 11 is 0. The van der Waals surface area contributed by atoms with E-state index >= 15 is 0 Å². The minimum absolute atomic E-state index is 0.240. The maximum Gasteiger partial charge on any atom is 0.158 e. The van der Waals surface area contributed by atoms with E-state index in [0.717, 1.165) is 25.9 Å². The molecule has 1 heterocycles. The van der Waals surface area contributed by atoms with Gasteiger partial charge >= 0.3 is 0 Å². The van der Waals surface area contributed by atoms with Crippen LogP contribution in [-0.4, -0.2) is 32.6 Å². The third kappa shape index (κ3) is 3.32. The molecule has 1 fully saturated rings. The molecule has 70 valence electrons. The second-order valence-electron chi connectivity index (χ2n) is 3.37. The maximum absolute atomic E-state index is 11.2. The number of ether oxygens (including phenoxy) is 1. The van der Waals surface area contributed by atoms with Gasteiger partial charge < -0.3 is 10.1 Å². The smallest absolute Gasteiger partial charge is 0.158 e. The normalized spacial score (nSPS) is 19.4.